The van der Waals surface area contributed by atoms with E-state index in [4.69, 9.17) is 4.74 Å². The van der Waals surface area contributed by atoms with E-state index in [1.54, 1.807) is 4.90 Å². The van der Waals surface area contributed by atoms with Gasteiger partial charge in [0.05, 0.1) is 12.7 Å². The lowest BCUT2D eigenvalue weighted by Crippen LogP contribution is -2.46. The lowest BCUT2D eigenvalue weighted by Gasteiger charge is -2.34. The molecule has 6 heteroatoms. The van der Waals surface area contributed by atoms with Gasteiger partial charge in [0.2, 0.25) is 0 Å². The first kappa shape index (κ1) is 18.3. The summed E-state index contributed by atoms with van der Waals surface area (Å²) in [6, 6.07) is 22.0. The molecule has 2 heterocycles. The number of rotatable bonds is 5. The minimum Gasteiger partial charge on any atom is -0.375 e. The predicted molar refractivity (Wildman–Crippen MR) is 106 cm³/mol. The van der Waals surface area contributed by atoms with Crippen molar-refractivity contribution >= 4 is 5.91 Å². The van der Waals surface area contributed by atoms with Gasteiger partial charge in [-0.2, -0.15) is 0 Å². The van der Waals surface area contributed by atoms with Gasteiger partial charge in [0, 0.05) is 25.1 Å². The summed E-state index contributed by atoms with van der Waals surface area (Å²) in [5.74, 6) is 0.0112. The van der Waals surface area contributed by atoms with Crippen molar-refractivity contribution in [2.75, 3.05) is 19.7 Å². The van der Waals surface area contributed by atoms with Gasteiger partial charge in [-0.25, -0.2) is 0 Å². The monoisotopic (exact) mass is 377 g/mol. The number of morpholine rings is 1. The normalized spacial score (nSPS) is 17.0. The van der Waals surface area contributed by atoms with Crippen LogP contribution in [0.2, 0.25) is 0 Å². The molecule has 1 atom stereocenters. The molecule has 144 valence electrons. The molecule has 0 bridgehead atoms. The van der Waals surface area contributed by atoms with Crippen LogP contribution < -0.4 is 5.56 Å². The molecule has 0 unspecified atom stereocenters. The van der Waals surface area contributed by atoms with Crippen molar-refractivity contribution in [1.29, 1.82) is 0 Å². The third-order valence-corrected chi connectivity index (χ3v) is 5.15. The summed E-state index contributed by atoms with van der Waals surface area (Å²) in [4.78, 5) is 25.7. The molecular formula is C22H23N3O3. The number of aromatic nitrogens is 2. The molecule has 1 amide bonds. The van der Waals surface area contributed by atoms with E-state index in [9.17, 15) is 9.59 Å². The Labute approximate surface area is 163 Å². The average molecular weight is 377 g/mol. The van der Waals surface area contributed by atoms with Crippen LogP contribution in [-0.2, 0) is 4.74 Å². The first-order valence-corrected chi connectivity index (χ1v) is 9.49. The number of carbonyl (C=O) groups excluding carboxylic acids is 1. The number of carbonyl (C=O) groups is 1. The molecule has 1 fully saturated rings. The predicted octanol–water partition coefficient (Wildman–Crippen LogP) is 2.77. The van der Waals surface area contributed by atoms with Crippen molar-refractivity contribution in [1.82, 2.24) is 15.1 Å². The summed E-state index contributed by atoms with van der Waals surface area (Å²) in [6.07, 6.45) is 0.704. The third kappa shape index (κ3) is 4.07. The van der Waals surface area contributed by atoms with Gasteiger partial charge >= 0.3 is 0 Å². The van der Waals surface area contributed by atoms with Crippen LogP contribution in [0.3, 0.4) is 0 Å². The smallest absolute Gasteiger partial charge is 0.272 e. The molecule has 2 aromatic carbocycles. The standard InChI is InChI=1S/C22H23N3O3/c26-21-14-20(23-24-21)22(27)25-11-12-28-18(15-25)13-19(16-7-3-1-4-8-16)17-9-5-2-6-10-17/h1-10,14,18-19H,11-13,15H2,(H2,23,24,26)/t18-/m0/s1. The maximum absolute atomic E-state index is 12.7. The number of hydrogen-bond acceptors (Lipinski definition) is 3. The van der Waals surface area contributed by atoms with E-state index < -0.39 is 0 Å². The average Bonchev–Trinajstić information content (AvgIpc) is 3.19. The van der Waals surface area contributed by atoms with Crippen LogP contribution >= 0.6 is 0 Å². The topological polar surface area (TPSA) is 78.2 Å². The van der Waals surface area contributed by atoms with Gasteiger partial charge < -0.3 is 9.64 Å². The van der Waals surface area contributed by atoms with Gasteiger partial charge in [-0.3, -0.25) is 19.8 Å². The number of H-pyrrole nitrogens is 2. The molecule has 0 spiro atoms. The van der Waals surface area contributed by atoms with Crippen LogP contribution in [0.25, 0.3) is 0 Å². The Morgan fingerprint density at radius 1 is 1.04 bits per heavy atom. The Morgan fingerprint density at radius 2 is 1.68 bits per heavy atom. The van der Waals surface area contributed by atoms with Crippen molar-refractivity contribution in [3.05, 3.63) is 93.9 Å². The maximum Gasteiger partial charge on any atom is 0.272 e. The highest BCUT2D eigenvalue weighted by Crippen LogP contribution is 2.31. The number of amides is 1. The summed E-state index contributed by atoms with van der Waals surface area (Å²) in [6.45, 7) is 1.51. The molecule has 0 aliphatic carbocycles. The quantitative estimate of drug-likeness (QED) is 0.718. The van der Waals surface area contributed by atoms with Gasteiger partial charge in [0.15, 0.2) is 0 Å². The van der Waals surface area contributed by atoms with E-state index in [-0.39, 0.29) is 29.2 Å². The third-order valence-electron chi connectivity index (χ3n) is 5.15. The number of nitrogens with zero attached hydrogens (tertiary/aromatic N) is 1. The summed E-state index contributed by atoms with van der Waals surface area (Å²) in [5.41, 5.74) is 2.45. The Kier molecular flexibility index (Phi) is 5.39. The van der Waals surface area contributed by atoms with Crippen LogP contribution in [0, 0.1) is 0 Å². The summed E-state index contributed by atoms with van der Waals surface area (Å²) >= 11 is 0. The molecule has 0 radical (unpaired) electrons. The molecule has 6 nitrogen and oxygen atoms in total. The van der Waals surface area contributed by atoms with Crippen LogP contribution in [-0.4, -0.2) is 46.8 Å². The highest BCUT2D eigenvalue weighted by atomic mass is 16.5. The SMILES string of the molecule is O=C(c1cc(=O)[nH][nH]1)N1CCO[C@@H](CC(c2ccccc2)c2ccccc2)C1. The first-order chi connectivity index (χ1) is 13.7. The largest absolute Gasteiger partial charge is 0.375 e. The number of benzene rings is 2. The lowest BCUT2D eigenvalue weighted by molar-refractivity contribution is -0.0266. The fourth-order valence-electron chi connectivity index (χ4n) is 3.76. The fourth-order valence-corrected chi connectivity index (χ4v) is 3.76. The van der Waals surface area contributed by atoms with Gasteiger partial charge in [0.25, 0.3) is 11.5 Å². The molecular weight excluding hydrogens is 354 g/mol. The summed E-state index contributed by atoms with van der Waals surface area (Å²) in [5, 5.41) is 5.06. The van der Waals surface area contributed by atoms with E-state index in [2.05, 4.69) is 34.5 Å². The minimum atomic E-state index is -0.304. The Balaban J connectivity index is 1.52. The summed E-state index contributed by atoms with van der Waals surface area (Å²) in [7, 11) is 0. The molecule has 2 N–H and O–H groups in total. The fraction of sp³-hybridized carbons (Fsp3) is 0.273. The molecule has 1 saturated heterocycles. The molecule has 1 aliphatic heterocycles. The highest BCUT2D eigenvalue weighted by Gasteiger charge is 2.29. The van der Waals surface area contributed by atoms with Gasteiger partial charge in [-0.1, -0.05) is 60.7 Å². The molecule has 1 aliphatic rings. The highest BCUT2D eigenvalue weighted by molar-refractivity contribution is 5.92. The first-order valence-electron chi connectivity index (χ1n) is 9.49. The van der Waals surface area contributed by atoms with Crippen molar-refractivity contribution in [2.24, 2.45) is 0 Å². The Bertz CT molecular complexity index is 926. The van der Waals surface area contributed by atoms with Crippen LogP contribution in [0.1, 0.15) is 34.0 Å². The van der Waals surface area contributed by atoms with Gasteiger partial charge in [-0.15, -0.1) is 0 Å². The zero-order chi connectivity index (χ0) is 19.3. The zero-order valence-corrected chi connectivity index (χ0v) is 15.5. The Morgan fingerprint density at radius 3 is 2.25 bits per heavy atom. The van der Waals surface area contributed by atoms with E-state index in [1.807, 2.05) is 36.4 Å². The lowest BCUT2D eigenvalue weighted by atomic mass is 9.86. The van der Waals surface area contributed by atoms with E-state index in [0.29, 0.717) is 19.7 Å². The zero-order valence-electron chi connectivity index (χ0n) is 15.5. The van der Waals surface area contributed by atoms with Crippen molar-refractivity contribution in [2.45, 2.75) is 18.4 Å². The van der Waals surface area contributed by atoms with Gasteiger partial charge in [0.1, 0.15) is 5.69 Å². The van der Waals surface area contributed by atoms with Crippen LogP contribution in [0.15, 0.2) is 71.5 Å². The van der Waals surface area contributed by atoms with Crippen LogP contribution in [0.5, 0.6) is 0 Å². The van der Waals surface area contributed by atoms with E-state index in [1.165, 1.54) is 17.2 Å². The van der Waals surface area contributed by atoms with E-state index >= 15 is 0 Å². The molecule has 28 heavy (non-hydrogen) atoms. The molecule has 3 aromatic rings. The second-order valence-corrected chi connectivity index (χ2v) is 7.03. The number of ether oxygens (including phenoxy) is 1. The number of aromatic amines is 2. The van der Waals surface area contributed by atoms with Crippen molar-refractivity contribution in [3.8, 4) is 0 Å². The maximum atomic E-state index is 12.7. The molecule has 4 rings (SSSR count). The number of hydrogen-bond donors (Lipinski definition) is 2. The van der Waals surface area contributed by atoms with Crippen molar-refractivity contribution < 1.29 is 9.53 Å². The van der Waals surface area contributed by atoms with Crippen molar-refractivity contribution in [3.63, 3.8) is 0 Å². The second kappa shape index (κ2) is 8.27. The molecule has 0 saturated carbocycles. The Hall–Kier alpha value is -3.12. The van der Waals surface area contributed by atoms with Gasteiger partial charge in [-0.05, 0) is 17.5 Å². The summed E-state index contributed by atoms with van der Waals surface area (Å²) < 4.78 is 6.00. The van der Waals surface area contributed by atoms with Crippen LogP contribution in [0.4, 0.5) is 0 Å². The number of nitrogens with one attached hydrogen (secondary N) is 2. The minimum absolute atomic E-state index is 0.0752. The molecule has 1 aromatic heterocycles. The van der Waals surface area contributed by atoms with E-state index in [0.717, 1.165) is 6.42 Å². The second-order valence-electron chi connectivity index (χ2n) is 7.03.